The number of nitrogens with zero attached hydrogens (tertiary/aromatic N) is 1. The Morgan fingerprint density at radius 3 is 2.48 bits per heavy atom. The van der Waals surface area contributed by atoms with Gasteiger partial charge >= 0.3 is 0 Å². The molecular formula is C18H11F3N2OS. The zero-order valence-electron chi connectivity index (χ0n) is 12.7. The number of anilines is 1. The van der Waals surface area contributed by atoms with Crippen LogP contribution >= 0.6 is 11.3 Å². The predicted octanol–water partition coefficient (Wildman–Crippen LogP) is 4.88. The van der Waals surface area contributed by atoms with Crippen molar-refractivity contribution in [2.24, 2.45) is 0 Å². The van der Waals surface area contributed by atoms with Gasteiger partial charge < -0.3 is 0 Å². The van der Waals surface area contributed by atoms with E-state index in [2.05, 4.69) is 10.3 Å². The van der Waals surface area contributed by atoms with Crippen LogP contribution in [0.15, 0.2) is 53.9 Å². The smallest absolute Gasteiger partial charge is 0.250 e. The SMILES string of the molecule is O=C(/C=C/c1ccc(F)cc1)Nc1nc(-c2ccc(F)cc2F)cs1. The molecule has 0 radical (unpaired) electrons. The van der Waals surface area contributed by atoms with Gasteiger partial charge in [-0.15, -0.1) is 11.3 Å². The molecule has 3 aromatic rings. The molecule has 0 bridgehead atoms. The number of carbonyl (C=O) groups is 1. The molecule has 0 spiro atoms. The lowest BCUT2D eigenvalue weighted by molar-refractivity contribution is -0.111. The van der Waals surface area contributed by atoms with Crippen molar-refractivity contribution in [3.63, 3.8) is 0 Å². The van der Waals surface area contributed by atoms with Gasteiger partial charge in [-0.05, 0) is 35.9 Å². The maximum Gasteiger partial charge on any atom is 0.250 e. The van der Waals surface area contributed by atoms with Gasteiger partial charge in [-0.2, -0.15) is 0 Å². The van der Waals surface area contributed by atoms with Crippen molar-refractivity contribution in [1.29, 1.82) is 0 Å². The molecule has 2 aromatic carbocycles. The standard InChI is InChI=1S/C18H11F3N2OS/c19-12-4-1-11(2-5-12)3-8-17(24)23-18-22-16(10-25-18)14-7-6-13(20)9-15(14)21/h1-10H,(H,22,23,24)/b8-3+. The first-order valence-electron chi connectivity index (χ1n) is 7.17. The van der Waals surface area contributed by atoms with Crippen LogP contribution in [0.2, 0.25) is 0 Å². The quantitative estimate of drug-likeness (QED) is 0.674. The van der Waals surface area contributed by atoms with Crippen molar-refractivity contribution in [3.8, 4) is 11.3 Å². The van der Waals surface area contributed by atoms with Crippen molar-refractivity contribution in [1.82, 2.24) is 4.98 Å². The highest BCUT2D eigenvalue weighted by Gasteiger charge is 2.11. The van der Waals surface area contributed by atoms with Gasteiger partial charge in [0.25, 0.3) is 0 Å². The van der Waals surface area contributed by atoms with E-state index in [9.17, 15) is 18.0 Å². The predicted molar refractivity (Wildman–Crippen MR) is 91.5 cm³/mol. The average Bonchev–Trinajstić information content (AvgIpc) is 3.02. The lowest BCUT2D eigenvalue weighted by atomic mass is 10.1. The van der Waals surface area contributed by atoms with Crippen molar-refractivity contribution in [3.05, 3.63) is 76.9 Å². The van der Waals surface area contributed by atoms with Gasteiger partial charge in [-0.25, -0.2) is 18.2 Å². The van der Waals surface area contributed by atoms with Crippen LogP contribution in [0, 0.1) is 17.5 Å². The van der Waals surface area contributed by atoms with E-state index in [1.165, 1.54) is 42.5 Å². The number of rotatable bonds is 4. The minimum atomic E-state index is -0.723. The lowest BCUT2D eigenvalue weighted by Crippen LogP contribution is -2.07. The van der Waals surface area contributed by atoms with E-state index < -0.39 is 17.5 Å². The van der Waals surface area contributed by atoms with Gasteiger partial charge in [-0.3, -0.25) is 10.1 Å². The minimum Gasteiger partial charge on any atom is -0.298 e. The second-order valence-electron chi connectivity index (χ2n) is 5.04. The first kappa shape index (κ1) is 16.9. The van der Waals surface area contributed by atoms with E-state index in [-0.39, 0.29) is 16.5 Å². The summed E-state index contributed by atoms with van der Waals surface area (Å²) in [6, 6.07) is 8.87. The Morgan fingerprint density at radius 1 is 1.04 bits per heavy atom. The number of halogens is 3. The summed E-state index contributed by atoms with van der Waals surface area (Å²) < 4.78 is 39.5. The van der Waals surface area contributed by atoms with E-state index in [1.807, 2.05) is 0 Å². The van der Waals surface area contributed by atoms with E-state index >= 15 is 0 Å². The van der Waals surface area contributed by atoms with Crippen LogP contribution < -0.4 is 5.32 Å². The van der Waals surface area contributed by atoms with Crippen LogP contribution in [0.3, 0.4) is 0 Å². The fraction of sp³-hybridized carbons (Fsp3) is 0. The van der Waals surface area contributed by atoms with Crippen LogP contribution in [0.5, 0.6) is 0 Å². The molecule has 0 unspecified atom stereocenters. The fourth-order valence-corrected chi connectivity index (χ4v) is 2.76. The van der Waals surface area contributed by atoms with E-state index in [1.54, 1.807) is 5.38 Å². The van der Waals surface area contributed by atoms with Crippen molar-refractivity contribution >= 4 is 28.5 Å². The number of benzene rings is 2. The van der Waals surface area contributed by atoms with Crippen molar-refractivity contribution in [2.45, 2.75) is 0 Å². The Morgan fingerprint density at radius 2 is 1.76 bits per heavy atom. The largest absolute Gasteiger partial charge is 0.298 e. The van der Waals surface area contributed by atoms with Crippen LogP contribution in [0.1, 0.15) is 5.56 Å². The summed E-state index contributed by atoms with van der Waals surface area (Å²) >= 11 is 1.12. The van der Waals surface area contributed by atoms with E-state index in [0.29, 0.717) is 11.3 Å². The van der Waals surface area contributed by atoms with Crippen LogP contribution in [-0.2, 0) is 4.79 Å². The van der Waals surface area contributed by atoms with E-state index in [0.717, 1.165) is 23.5 Å². The maximum atomic E-state index is 13.7. The molecule has 3 nitrogen and oxygen atoms in total. The monoisotopic (exact) mass is 360 g/mol. The summed E-state index contributed by atoms with van der Waals surface area (Å²) in [6.07, 6.45) is 2.82. The molecule has 0 aliphatic carbocycles. The van der Waals surface area contributed by atoms with Crippen LogP contribution in [-0.4, -0.2) is 10.9 Å². The molecule has 0 saturated heterocycles. The molecule has 0 aliphatic heterocycles. The number of amides is 1. The third kappa shape index (κ3) is 4.33. The van der Waals surface area contributed by atoms with Crippen molar-refractivity contribution < 1.29 is 18.0 Å². The van der Waals surface area contributed by atoms with Gasteiger partial charge in [0.15, 0.2) is 5.13 Å². The fourth-order valence-electron chi connectivity index (χ4n) is 2.04. The first-order chi connectivity index (χ1) is 12.0. The summed E-state index contributed by atoms with van der Waals surface area (Å²) in [7, 11) is 0. The molecular weight excluding hydrogens is 349 g/mol. The molecule has 0 aliphatic rings. The Kier molecular flexibility index (Phi) is 4.95. The molecule has 3 rings (SSSR count). The molecule has 25 heavy (non-hydrogen) atoms. The molecule has 0 saturated carbocycles. The zero-order chi connectivity index (χ0) is 17.8. The number of nitrogens with one attached hydrogen (secondary N) is 1. The topological polar surface area (TPSA) is 42.0 Å². The minimum absolute atomic E-state index is 0.153. The van der Waals surface area contributed by atoms with Crippen LogP contribution in [0.25, 0.3) is 17.3 Å². The normalized spacial score (nSPS) is 11.0. The summed E-state index contributed by atoms with van der Waals surface area (Å²) in [5.41, 5.74) is 1.13. The highest BCUT2D eigenvalue weighted by molar-refractivity contribution is 7.14. The number of aromatic nitrogens is 1. The van der Waals surface area contributed by atoms with Gasteiger partial charge in [-0.1, -0.05) is 12.1 Å². The Labute approximate surface area is 145 Å². The van der Waals surface area contributed by atoms with Gasteiger partial charge in [0.05, 0.1) is 5.69 Å². The van der Waals surface area contributed by atoms with Crippen molar-refractivity contribution in [2.75, 3.05) is 5.32 Å². The summed E-state index contributed by atoms with van der Waals surface area (Å²) in [6.45, 7) is 0. The Bertz CT molecular complexity index is 936. The first-order valence-corrected chi connectivity index (χ1v) is 8.05. The van der Waals surface area contributed by atoms with Gasteiger partial charge in [0.1, 0.15) is 17.5 Å². The molecule has 126 valence electrons. The maximum absolute atomic E-state index is 13.7. The lowest BCUT2D eigenvalue weighted by Gasteiger charge is -1.99. The van der Waals surface area contributed by atoms with Crippen LogP contribution in [0.4, 0.5) is 18.3 Å². The molecule has 0 fully saturated rings. The summed E-state index contributed by atoms with van der Waals surface area (Å²) in [5.74, 6) is -2.18. The average molecular weight is 360 g/mol. The number of thiazole rings is 1. The van der Waals surface area contributed by atoms with Gasteiger partial charge in [0, 0.05) is 23.1 Å². The highest BCUT2D eigenvalue weighted by atomic mass is 32.1. The molecule has 1 amide bonds. The molecule has 1 N–H and O–H groups in total. The summed E-state index contributed by atoms with van der Waals surface area (Å²) in [5, 5.41) is 4.41. The highest BCUT2D eigenvalue weighted by Crippen LogP contribution is 2.27. The Balaban J connectivity index is 1.68. The second kappa shape index (κ2) is 7.31. The third-order valence-corrected chi connectivity index (χ3v) is 4.00. The summed E-state index contributed by atoms with van der Waals surface area (Å²) in [4.78, 5) is 16.0. The zero-order valence-corrected chi connectivity index (χ0v) is 13.5. The molecule has 1 heterocycles. The third-order valence-electron chi connectivity index (χ3n) is 3.24. The second-order valence-corrected chi connectivity index (χ2v) is 5.89. The number of hydrogen-bond donors (Lipinski definition) is 1. The number of hydrogen-bond acceptors (Lipinski definition) is 3. The van der Waals surface area contributed by atoms with E-state index in [4.69, 9.17) is 0 Å². The Hall–Kier alpha value is -2.93. The van der Waals surface area contributed by atoms with Gasteiger partial charge in [0.2, 0.25) is 5.91 Å². The molecule has 7 heteroatoms. The number of carbonyl (C=O) groups excluding carboxylic acids is 1. The molecule has 1 aromatic heterocycles. The molecule has 0 atom stereocenters.